The molecule has 4 nitrogen and oxygen atoms in total. The second-order valence-electron chi connectivity index (χ2n) is 6.08. The van der Waals surface area contributed by atoms with Crippen LogP contribution < -0.4 is 10.1 Å². The Hall–Kier alpha value is -2.88. The van der Waals surface area contributed by atoms with Crippen molar-refractivity contribution in [3.63, 3.8) is 0 Å². The Morgan fingerprint density at radius 3 is 2.52 bits per heavy atom. The van der Waals surface area contributed by atoms with E-state index in [-0.39, 0.29) is 17.6 Å². The highest BCUT2D eigenvalue weighted by atomic mass is 16.5. The van der Waals surface area contributed by atoms with E-state index in [9.17, 15) is 9.59 Å². The number of methoxy groups -OCH3 is 1. The van der Waals surface area contributed by atoms with Gasteiger partial charge in [0.05, 0.1) is 7.11 Å². The molecule has 128 valence electrons. The van der Waals surface area contributed by atoms with Crippen molar-refractivity contribution in [2.24, 2.45) is 5.92 Å². The summed E-state index contributed by atoms with van der Waals surface area (Å²) in [6, 6.07) is 17.2. The Morgan fingerprint density at radius 1 is 1.12 bits per heavy atom. The van der Waals surface area contributed by atoms with Crippen molar-refractivity contribution >= 4 is 17.8 Å². The highest BCUT2D eigenvalue weighted by Crippen LogP contribution is 2.32. The number of piperidine rings is 1. The minimum Gasteiger partial charge on any atom is -0.497 e. The lowest BCUT2D eigenvalue weighted by molar-refractivity contribution is -0.134. The van der Waals surface area contributed by atoms with Crippen molar-refractivity contribution in [2.45, 2.75) is 12.3 Å². The first-order valence-electron chi connectivity index (χ1n) is 8.37. The molecule has 1 saturated heterocycles. The van der Waals surface area contributed by atoms with E-state index in [4.69, 9.17) is 4.74 Å². The van der Waals surface area contributed by atoms with Gasteiger partial charge in [-0.2, -0.15) is 0 Å². The van der Waals surface area contributed by atoms with Gasteiger partial charge in [0.25, 0.3) is 0 Å². The molecule has 1 amide bonds. The van der Waals surface area contributed by atoms with Gasteiger partial charge in [0, 0.05) is 12.5 Å². The first-order chi connectivity index (χ1) is 12.2. The van der Waals surface area contributed by atoms with Crippen LogP contribution in [0.3, 0.4) is 0 Å². The zero-order valence-corrected chi connectivity index (χ0v) is 14.1. The number of ether oxygens (including phenoxy) is 1. The number of ketones is 1. The zero-order chi connectivity index (χ0) is 17.6. The standard InChI is InChI=1S/C21H21NO3/c1-25-17-10-7-15(8-11-17)9-12-19(23)20-18(13-14-22-21(20)24)16-5-3-2-4-6-16/h2-12,18,20H,13-14H2,1H3,(H,22,24)/b12-9+. The fourth-order valence-electron chi connectivity index (χ4n) is 3.19. The van der Waals surface area contributed by atoms with Gasteiger partial charge < -0.3 is 10.1 Å². The monoisotopic (exact) mass is 335 g/mol. The lowest BCUT2D eigenvalue weighted by atomic mass is 9.78. The van der Waals surface area contributed by atoms with Gasteiger partial charge >= 0.3 is 0 Å². The van der Waals surface area contributed by atoms with Crippen LogP contribution in [0.1, 0.15) is 23.5 Å². The molecule has 0 aliphatic carbocycles. The number of hydrogen-bond donors (Lipinski definition) is 1. The lowest BCUT2D eigenvalue weighted by Crippen LogP contribution is -2.44. The summed E-state index contributed by atoms with van der Waals surface area (Å²) < 4.78 is 5.12. The summed E-state index contributed by atoms with van der Waals surface area (Å²) >= 11 is 0. The van der Waals surface area contributed by atoms with Crippen LogP contribution in [0.5, 0.6) is 5.75 Å². The van der Waals surface area contributed by atoms with Crippen LogP contribution in [0.2, 0.25) is 0 Å². The predicted molar refractivity (Wildman–Crippen MR) is 97.3 cm³/mol. The highest BCUT2D eigenvalue weighted by molar-refractivity contribution is 6.09. The first-order valence-corrected chi connectivity index (χ1v) is 8.37. The van der Waals surface area contributed by atoms with Crippen LogP contribution >= 0.6 is 0 Å². The molecule has 2 unspecified atom stereocenters. The molecule has 2 aromatic rings. The van der Waals surface area contributed by atoms with E-state index in [0.717, 1.165) is 23.3 Å². The van der Waals surface area contributed by atoms with E-state index < -0.39 is 5.92 Å². The average molecular weight is 335 g/mol. The molecule has 1 aliphatic rings. The van der Waals surface area contributed by atoms with Gasteiger partial charge in [0.1, 0.15) is 11.7 Å². The Labute approximate surface area is 147 Å². The van der Waals surface area contributed by atoms with Crippen LogP contribution in [0.15, 0.2) is 60.7 Å². The van der Waals surface area contributed by atoms with Gasteiger partial charge in [-0.1, -0.05) is 48.5 Å². The number of benzene rings is 2. The summed E-state index contributed by atoms with van der Waals surface area (Å²) in [5, 5.41) is 2.82. The Kier molecular flexibility index (Phi) is 5.29. The molecular formula is C21H21NO3. The van der Waals surface area contributed by atoms with Gasteiger partial charge in [-0.3, -0.25) is 9.59 Å². The van der Waals surface area contributed by atoms with Gasteiger partial charge in [0.2, 0.25) is 5.91 Å². The second-order valence-corrected chi connectivity index (χ2v) is 6.08. The third-order valence-electron chi connectivity index (χ3n) is 4.53. The Morgan fingerprint density at radius 2 is 1.84 bits per heavy atom. The van der Waals surface area contributed by atoms with Crippen LogP contribution in [0, 0.1) is 5.92 Å². The molecule has 0 aromatic heterocycles. The first kappa shape index (κ1) is 17.0. The summed E-state index contributed by atoms with van der Waals surface area (Å²) in [6.07, 6.45) is 4.02. The number of nitrogens with one attached hydrogen (secondary N) is 1. The SMILES string of the molecule is COc1ccc(/C=C/C(=O)C2C(=O)NCCC2c2ccccc2)cc1. The van der Waals surface area contributed by atoms with Crippen molar-refractivity contribution in [3.05, 3.63) is 71.8 Å². The number of rotatable bonds is 5. The largest absolute Gasteiger partial charge is 0.497 e. The summed E-state index contributed by atoms with van der Waals surface area (Å²) in [7, 11) is 1.61. The van der Waals surface area contributed by atoms with E-state index in [2.05, 4.69) is 5.32 Å². The molecule has 1 aliphatic heterocycles. The number of carbonyl (C=O) groups excluding carboxylic acids is 2. The van der Waals surface area contributed by atoms with Gasteiger partial charge in [-0.15, -0.1) is 0 Å². The number of hydrogen-bond acceptors (Lipinski definition) is 3. The fraction of sp³-hybridized carbons (Fsp3) is 0.238. The average Bonchev–Trinajstić information content (AvgIpc) is 2.67. The summed E-state index contributed by atoms with van der Waals surface area (Å²) in [4.78, 5) is 25.0. The van der Waals surface area contributed by atoms with Gasteiger partial charge in [-0.05, 0) is 35.8 Å². The molecule has 3 rings (SSSR count). The third-order valence-corrected chi connectivity index (χ3v) is 4.53. The second kappa shape index (κ2) is 7.79. The molecular weight excluding hydrogens is 314 g/mol. The van der Waals surface area contributed by atoms with Gasteiger partial charge in [-0.25, -0.2) is 0 Å². The predicted octanol–water partition coefficient (Wildman–Crippen LogP) is 3.20. The molecule has 0 radical (unpaired) electrons. The summed E-state index contributed by atoms with van der Waals surface area (Å²) in [5.74, 6) is -0.348. The molecule has 1 heterocycles. The zero-order valence-electron chi connectivity index (χ0n) is 14.1. The van der Waals surface area contributed by atoms with Crippen LogP contribution in [-0.4, -0.2) is 25.3 Å². The lowest BCUT2D eigenvalue weighted by Gasteiger charge is -2.29. The van der Waals surface area contributed by atoms with E-state index in [0.29, 0.717) is 6.54 Å². The van der Waals surface area contributed by atoms with E-state index >= 15 is 0 Å². The molecule has 2 aromatic carbocycles. The molecule has 0 bridgehead atoms. The Bertz CT molecular complexity index is 765. The summed E-state index contributed by atoms with van der Waals surface area (Å²) in [5.41, 5.74) is 1.93. The minimum atomic E-state index is -0.675. The molecule has 25 heavy (non-hydrogen) atoms. The van der Waals surface area contributed by atoms with E-state index in [1.807, 2.05) is 54.6 Å². The van der Waals surface area contributed by atoms with Crippen molar-refractivity contribution in [2.75, 3.05) is 13.7 Å². The topological polar surface area (TPSA) is 55.4 Å². The van der Waals surface area contributed by atoms with Crippen molar-refractivity contribution in [1.82, 2.24) is 5.32 Å². The van der Waals surface area contributed by atoms with E-state index in [1.54, 1.807) is 13.2 Å². The molecule has 4 heteroatoms. The quantitative estimate of drug-likeness (QED) is 0.674. The van der Waals surface area contributed by atoms with Gasteiger partial charge in [0.15, 0.2) is 5.78 Å². The molecule has 2 atom stereocenters. The summed E-state index contributed by atoms with van der Waals surface area (Å²) in [6.45, 7) is 0.602. The minimum absolute atomic E-state index is 0.0806. The molecule has 1 N–H and O–H groups in total. The smallest absolute Gasteiger partial charge is 0.231 e. The number of amides is 1. The maximum absolute atomic E-state index is 12.7. The van der Waals surface area contributed by atoms with E-state index in [1.165, 1.54) is 6.08 Å². The number of carbonyl (C=O) groups is 2. The maximum Gasteiger partial charge on any atom is 0.231 e. The van der Waals surface area contributed by atoms with Crippen LogP contribution in [-0.2, 0) is 9.59 Å². The van der Waals surface area contributed by atoms with Crippen LogP contribution in [0.4, 0.5) is 0 Å². The van der Waals surface area contributed by atoms with Crippen LogP contribution in [0.25, 0.3) is 6.08 Å². The van der Waals surface area contributed by atoms with Crippen molar-refractivity contribution in [1.29, 1.82) is 0 Å². The number of allylic oxidation sites excluding steroid dienone is 1. The molecule has 0 saturated carbocycles. The van der Waals surface area contributed by atoms with Crippen molar-refractivity contribution < 1.29 is 14.3 Å². The highest BCUT2D eigenvalue weighted by Gasteiger charge is 2.37. The maximum atomic E-state index is 12.7. The molecule has 1 fully saturated rings. The Balaban J connectivity index is 1.79. The fourth-order valence-corrected chi connectivity index (χ4v) is 3.19. The van der Waals surface area contributed by atoms with Crippen molar-refractivity contribution in [3.8, 4) is 5.75 Å². The molecule has 0 spiro atoms. The normalized spacial score (nSPS) is 20.3. The third kappa shape index (κ3) is 3.97.